The number of carbonyl (C=O) groups is 16. The fraction of sp³-hybridized carbons (Fsp3) is 0.358. The van der Waals surface area contributed by atoms with Crippen LogP contribution in [0.25, 0.3) is 21.8 Å². The molecule has 38 heteroatoms. The van der Waals surface area contributed by atoms with Crippen LogP contribution in [0, 0.1) is 11.8 Å². The van der Waals surface area contributed by atoms with E-state index in [0.717, 1.165) is 33.4 Å². The van der Waals surface area contributed by atoms with E-state index in [9.17, 15) is 92.0 Å². The zero-order chi connectivity index (χ0) is 85.3. The van der Waals surface area contributed by atoms with Crippen molar-refractivity contribution in [3.05, 3.63) is 173 Å². The molecule has 1 fully saturated rings. The van der Waals surface area contributed by atoms with Crippen LogP contribution in [0.15, 0.2) is 140 Å². The smallest absolute Gasteiger partial charge is 0.327 e. The Balaban J connectivity index is 0.715. The van der Waals surface area contributed by atoms with Gasteiger partial charge < -0.3 is 92.6 Å². The van der Waals surface area contributed by atoms with Crippen molar-refractivity contribution < 1.29 is 107 Å². The van der Waals surface area contributed by atoms with E-state index in [0.29, 0.717) is 50.7 Å². The van der Waals surface area contributed by atoms with Gasteiger partial charge in [0.25, 0.3) is 0 Å². The number of ether oxygens (including phenoxy) is 2. The molecule has 628 valence electrons. The van der Waals surface area contributed by atoms with E-state index >= 15 is 0 Å². The second-order valence-corrected chi connectivity index (χ2v) is 28.7. The van der Waals surface area contributed by atoms with Gasteiger partial charge in [0.2, 0.25) is 65.0 Å². The number of hydrogen-bond acceptors (Lipinski definition) is 20. The maximum absolute atomic E-state index is 14.8. The summed E-state index contributed by atoms with van der Waals surface area (Å²) in [5.74, 6) is -7.83. The number of aromatic nitrogens is 2. The maximum atomic E-state index is 14.8. The summed E-state index contributed by atoms with van der Waals surface area (Å²) in [6.07, 6.45) is -0.0199. The number of urea groups is 1. The van der Waals surface area contributed by atoms with E-state index in [2.05, 4.69) is 69.9 Å². The Morgan fingerprint density at radius 2 is 1.03 bits per heavy atom. The number of aliphatic carboxylic acids is 4. The van der Waals surface area contributed by atoms with Crippen LogP contribution in [0.1, 0.15) is 84.7 Å². The molecule has 5 unspecified atom stereocenters. The highest BCUT2D eigenvalue weighted by Crippen LogP contribution is 2.29. The van der Waals surface area contributed by atoms with Gasteiger partial charge in [-0.2, -0.15) is 0 Å². The third-order valence-electron chi connectivity index (χ3n) is 18.9. The minimum Gasteiger partial charge on any atom is -0.481 e. The monoisotopic (exact) mass is 1660 g/mol. The van der Waals surface area contributed by atoms with Crippen LogP contribution in [-0.2, 0) is 107 Å². The second kappa shape index (κ2) is 45.1. The summed E-state index contributed by atoms with van der Waals surface area (Å²) in [5, 5.41) is 60.7. The summed E-state index contributed by atoms with van der Waals surface area (Å²) >= 11 is 0.787. The first-order valence-electron chi connectivity index (χ1n) is 38.0. The molecule has 7 atom stereocenters. The number of amides is 13. The molecule has 2 aliphatic rings. The number of carbonyl (C=O) groups excluding carboxylic acids is 12. The van der Waals surface area contributed by atoms with Crippen LogP contribution in [0.5, 0.6) is 0 Å². The van der Waals surface area contributed by atoms with Crippen molar-refractivity contribution in [1.29, 1.82) is 0 Å². The third kappa shape index (κ3) is 27.9. The molecule has 2 aromatic heterocycles. The van der Waals surface area contributed by atoms with Gasteiger partial charge in [-0.15, -0.1) is 11.8 Å². The van der Waals surface area contributed by atoms with Gasteiger partial charge in [0.05, 0.1) is 57.0 Å². The Kier molecular flexibility index (Phi) is 33.9. The summed E-state index contributed by atoms with van der Waals surface area (Å²) in [6.45, 7) is -0.877. The van der Waals surface area contributed by atoms with Crippen molar-refractivity contribution in [2.75, 3.05) is 69.8 Å². The Labute approximate surface area is 684 Å². The minimum atomic E-state index is -1.74. The first-order valence-corrected chi connectivity index (χ1v) is 39.1. The van der Waals surface area contributed by atoms with Crippen molar-refractivity contribution >= 4 is 134 Å². The fourth-order valence-corrected chi connectivity index (χ4v) is 13.9. The van der Waals surface area contributed by atoms with Gasteiger partial charge >= 0.3 is 29.9 Å². The average Bonchev–Trinajstić information content (AvgIpc) is 1.64. The number of rotatable bonds is 47. The predicted octanol–water partition coefficient (Wildman–Crippen LogP) is 0.532. The lowest BCUT2D eigenvalue weighted by Crippen LogP contribution is -2.57. The molecule has 9 rings (SSSR count). The van der Waals surface area contributed by atoms with Gasteiger partial charge in [-0.25, -0.2) is 24.6 Å². The molecule has 1 saturated heterocycles. The molecule has 0 saturated carbocycles. The summed E-state index contributed by atoms with van der Waals surface area (Å²) in [6, 6.07) is 26.9. The highest BCUT2D eigenvalue weighted by molar-refractivity contribution is 8.00. The lowest BCUT2D eigenvalue weighted by molar-refractivity contribution is -0.141. The fourth-order valence-electron chi connectivity index (χ4n) is 12.7. The van der Waals surface area contributed by atoms with Crippen molar-refractivity contribution in [2.45, 2.75) is 119 Å². The van der Waals surface area contributed by atoms with E-state index < -0.39 is 169 Å². The number of para-hydroxylation sites is 3. The Bertz CT molecular complexity index is 4930. The average molecular weight is 1660 g/mol. The largest absolute Gasteiger partial charge is 0.481 e. The number of nitrogens with one attached hydrogen (secondary N) is 13. The lowest BCUT2D eigenvalue weighted by atomic mass is 10.0. The molecular weight excluding hydrogens is 1570 g/mol. The van der Waals surface area contributed by atoms with E-state index in [-0.39, 0.29) is 103 Å². The second-order valence-electron chi connectivity index (χ2n) is 27.5. The first-order chi connectivity index (χ1) is 57.3. The van der Waals surface area contributed by atoms with Crippen molar-refractivity contribution in [3.8, 4) is 11.8 Å². The summed E-state index contributed by atoms with van der Waals surface area (Å²) in [5.41, 5.74) is 11.1. The molecule has 0 radical (unpaired) electrons. The number of aromatic amines is 2. The molecule has 13 amide bonds. The quantitative estimate of drug-likeness (QED) is 0.0107. The summed E-state index contributed by atoms with van der Waals surface area (Å²) < 4.78 is 11.0. The molecule has 5 aromatic carbocycles. The molecule has 17 N–H and O–H groups in total. The molecule has 2 aliphatic heterocycles. The molecule has 119 heavy (non-hydrogen) atoms. The molecule has 7 aromatic rings. The van der Waals surface area contributed by atoms with Crippen molar-refractivity contribution in [2.24, 2.45) is 0 Å². The van der Waals surface area contributed by atoms with Gasteiger partial charge in [-0.05, 0) is 71.8 Å². The number of anilines is 1. The number of carboxylic acid groups (broad SMARTS) is 4. The maximum Gasteiger partial charge on any atom is 0.327 e. The topological polar surface area (TPSA) is 543 Å². The highest BCUT2D eigenvalue weighted by atomic mass is 32.2. The molecule has 4 heterocycles. The number of nitrogens with zero attached hydrogens (tertiary/aromatic N) is 2. The molecule has 0 aliphatic carbocycles. The van der Waals surface area contributed by atoms with Crippen molar-refractivity contribution in [3.63, 3.8) is 0 Å². The van der Waals surface area contributed by atoms with E-state index in [1.54, 1.807) is 96.2 Å². The lowest BCUT2D eigenvalue weighted by Gasteiger charge is -2.26. The standard InChI is InChI=1S/C81H91N15O22S/c97-66(83-32-35-118-37-36-117-34-30-67(98)82-31-28-71(102)96-46-51-16-5-4-14-49(51)22-23-50-15-6-11-21-64(50)96)29-33-95-72(103)41-65(77(95)109)119-47-63(80(114)115)89-70(101)45-86-74(106)60(39-52-42-84-56-19-9-7-17-54(52)56)90-76(108)61(40-53-43-85-57-20-10-8-18-55(53)57)88-69(100)44-87-75(107)62(38-48-12-2-1-3-13-48)93-94-68(99)26-24-58(78(110)111)91-81(116)92-59(79(112)113)25-27-73(104)105/h1-21,42-43,58-63,65,84-85,93H,24-41,44-47H2,(H,82,98)(H,83,97)(H,86,106)(H,87,107)(H,88,100)(H,89,101)(H,90,108)(H,94,99)(H,104,105)(H,110,111)(H,112,113)(H,114,115)(H2,91,92,116)/t58-,59-,60?,61?,62?,63?,65?/m0/s1. The number of imide groups is 1. The van der Waals surface area contributed by atoms with Gasteiger partial charge in [0, 0.05) is 122 Å². The van der Waals surface area contributed by atoms with Crippen LogP contribution in [0.4, 0.5) is 10.5 Å². The Morgan fingerprint density at radius 3 is 1.66 bits per heavy atom. The van der Waals surface area contributed by atoms with Crippen LogP contribution < -0.4 is 63.6 Å². The summed E-state index contributed by atoms with van der Waals surface area (Å²) in [4.78, 5) is 218. The van der Waals surface area contributed by atoms with E-state index in [1.807, 2.05) is 59.2 Å². The molecule has 37 nitrogen and oxygen atoms in total. The molecule has 0 bridgehead atoms. The number of thioether (sulfide) groups is 1. The zero-order valence-corrected chi connectivity index (χ0v) is 65.1. The SMILES string of the molecule is O=C(O)CC[C@H](NC(=O)N[C@@H](CCC(=O)NNC(Cc1ccccc1)C(=O)NCC(=O)NC(Cc1c[nH]c2ccccc12)C(=O)NC(Cc1c[nH]c2ccccc12)C(=O)NCC(=O)NC(CSC1CC(=O)N(CCC(=O)NCCOCCOCCC(=O)NCCC(=O)N2Cc3ccccc3C#Cc3ccccc32)C1=O)C(=O)O)C(=O)O)C(=O)O. The number of hydrogen-bond donors (Lipinski definition) is 17. The number of hydrazine groups is 1. The minimum absolute atomic E-state index is 0.0420. The normalized spacial score (nSPS) is 14.3. The van der Waals surface area contributed by atoms with Crippen LogP contribution >= 0.6 is 11.8 Å². The number of H-pyrrole nitrogens is 2. The van der Waals surface area contributed by atoms with Gasteiger partial charge in [0.1, 0.15) is 36.3 Å². The van der Waals surface area contributed by atoms with Crippen LogP contribution in [-0.4, -0.2) is 237 Å². The number of fused-ring (bicyclic) bond motifs is 4. The number of likely N-dealkylation sites (tertiary alicyclic amines) is 1. The number of carboxylic acids is 4. The van der Waals surface area contributed by atoms with Crippen LogP contribution in [0.3, 0.4) is 0 Å². The Hall–Kier alpha value is -13.5. The van der Waals surface area contributed by atoms with Gasteiger partial charge in [-0.1, -0.05) is 109 Å². The number of benzene rings is 5. The van der Waals surface area contributed by atoms with Crippen molar-refractivity contribution in [1.82, 2.24) is 73.6 Å². The highest BCUT2D eigenvalue weighted by Gasteiger charge is 2.40. The van der Waals surface area contributed by atoms with E-state index in [4.69, 9.17) is 14.6 Å². The van der Waals surface area contributed by atoms with Gasteiger partial charge in [-0.3, -0.25) is 67.9 Å². The summed E-state index contributed by atoms with van der Waals surface area (Å²) in [7, 11) is 0. The van der Waals surface area contributed by atoms with Crippen LogP contribution in [0.2, 0.25) is 0 Å². The predicted molar refractivity (Wildman–Crippen MR) is 428 cm³/mol. The zero-order valence-electron chi connectivity index (χ0n) is 64.3. The third-order valence-corrected chi connectivity index (χ3v) is 20.2. The van der Waals surface area contributed by atoms with Gasteiger partial charge in [0.15, 0.2) is 0 Å². The molecular formula is C81H91N15O22S. The Morgan fingerprint density at radius 1 is 0.487 bits per heavy atom. The molecule has 0 spiro atoms. The van der Waals surface area contributed by atoms with E-state index in [1.165, 1.54) is 0 Å². The first kappa shape index (κ1) is 89.4.